The summed E-state index contributed by atoms with van der Waals surface area (Å²) in [6, 6.07) is 17.1. The molecular weight excluding hydrogens is 323 g/mol. The van der Waals surface area contributed by atoms with Crippen molar-refractivity contribution >= 4 is 17.3 Å². The zero-order valence-electron chi connectivity index (χ0n) is 12.8. The highest BCUT2D eigenvalue weighted by atomic mass is 19.1. The van der Waals surface area contributed by atoms with Crippen molar-refractivity contribution in [2.45, 2.75) is 0 Å². The van der Waals surface area contributed by atoms with Crippen LogP contribution in [0.2, 0.25) is 0 Å². The highest BCUT2D eigenvalue weighted by Crippen LogP contribution is 2.26. The first-order valence-corrected chi connectivity index (χ1v) is 7.29. The summed E-state index contributed by atoms with van der Waals surface area (Å²) in [4.78, 5) is 10.2. The van der Waals surface area contributed by atoms with Crippen molar-refractivity contribution in [1.82, 2.24) is 0 Å². The summed E-state index contributed by atoms with van der Waals surface area (Å²) in [6.45, 7) is 0. The van der Waals surface area contributed by atoms with Gasteiger partial charge in [0.2, 0.25) is 0 Å². The van der Waals surface area contributed by atoms with Crippen LogP contribution in [0.3, 0.4) is 0 Å². The van der Waals surface area contributed by atoms with E-state index >= 15 is 0 Å². The van der Waals surface area contributed by atoms with Gasteiger partial charge in [0, 0.05) is 17.7 Å². The van der Waals surface area contributed by atoms with Gasteiger partial charge in [-0.25, -0.2) is 4.39 Å². The molecule has 25 heavy (non-hydrogen) atoms. The van der Waals surface area contributed by atoms with Crippen molar-refractivity contribution in [3.63, 3.8) is 0 Å². The number of hydrogen-bond donors (Lipinski definition) is 0. The molecule has 3 aromatic rings. The Morgan fingerprint density at radius 2 is 1.92 bits per heavy atom. The summed E-state index contributed by atoms with van der Waals surface area (Å²) in [7, 11) is 0. The molecule has 0 amide bonds. The molecule has 1 aromatic heterocycles. The van der Waals surface area contributed by atoms with Crippen LogP contribution in [0.5, 0.6) is 0 Å². The number of nitriles is 1. The first-order chi connectivity index (χ1) is 12.1. The van der Waals surface area contributed by atoms with Gasteiger partial charge in [0.05, 0.1) is 16.6 Å². The Kier molecular flexibility index (Phi) is 4.40. The van der Waals surface area contributed by atoms with Crippen LogP contribution in [0.1, 0.15) is 11.3 Å². The number of nitrogens with zero attached hydrogens (tertiary/aromatic N) is 2. The van der Waals surface area contributed by atoms with Crippen LogP contribution in [-0.4, -0.2) is 4.92 Å². The predicted octanol–water partition coefficient (Wildman–Crippen LogP) is 5.06. The third-order valence-electron chi connectivity index (χ3n) is 3.53. The van der Waals surface area contributed by atoms with Crippen LogP contribution in [-0.2, 0) is 0 Å². The largest absolute Gasteiger partial charge is 0.457 e. The highest BCUT2D eigenvalue weighted by Gasteiger charge is 2.09. The molecule has 1 heterocycles. The Hall–Kier alpha value is -3.72. The maximum absolute atomic E-state index is 13.3. The molecule has 0 saturated carbocycles. The summed E-state index contributed by atoms with van der Waals surface area (Å²) in [5, 5.41) is 20.0. The second-order valence-corrected chi connectivity index (χ2v) is 5.19. The van der Waals surface area contributed by atoms with E-state index in [9.17, 15) is 19.8 Å². The molecule has 122 valence electrons. The van der Waals surface area contributed by atoms with Gasteiger partial charge in [0.15, 0.2) is 0 Å². The van der Waals surface area contributed by atoms with E-state index in [0.29, 0.717) is 28.2 Å². The maximum Gasteiger partial charge on any atom is 0.269 e. The van der Waals surface area contributed by atoms with Crippen molar-refractivity contribution < 1.29 is 13.7 Å². The Balaban J connectivity index is 1.90. The fourth-order valence-electron chi connectivity index (χ4n) is 2.31. The van der Waals surface area contributed by atoms with Gasteiger partial charge in [-0.3, -0.25) is 10.1 Å². The molecule has 3 rings (SSSR count). The van der Waals surface area contributed by atoms with E-state index in [1.165, 1.54) is 42.5 Å². The number of halogens is 1. The summed E-state index contributed by atoms with van der Waals surface area (Å²) >= 11 is 0. The van der Waals surface area contributed by atoms with E-state index in [2.05, 4.69) is 0 Å². The van der Waals surface area contributed by atoms with E-state index < -0.39 is 4.92 Å². The van der Waals surface area contributed by atoms with Gasteiger partial charge in [-0.2, -0.15) is 5.26 Å². The molecule has 0 bridgehead atoms. The van der Waals surface area contributed by atoms with Gasteiger partial charge < -0.3 is 4.42 Å². The third-order valence-corrected chi connectivity index (χ3v) is 3.53. The summed E-state index contributed by atoms with van der Waals surface area (Å²) in [5.41, 5.74) is 1.38. The molecule has 0 atom stereocenters. The molecule has 5 nitrogen and oxygen atoms in total. The number of benzene rings is 2. The van der Waals surface area contributed by atoms with Crippen molar-refractivity contribution in [2.24, 2.45) is 0 Å². The predicted molar refractivity (Wildman–Crippen MR) is 90.7 cm³/mol. The topological polar surface area (TPSA) is 80.1 Å². The van der Waals surface area contributed by atoms with Crippen molar-refractivity contribution in [3.8, 4) is 17.4 Å². The lowest BCUT2D eigenvalue weighted by Gasteiger charge is -1.99. The summed E-state index contributed by atoms with van der Waals surface area (Å²) in [6.07, 6.45) is 1.53. The van der Waals surface area contributed by atoms with Crippen molar-refractivity contribution in [3.05, 3.63) is 87.9 Å². The number of allylic oxidation sites excluding steroid dienone is 1. The fraction of sp³-hybridized carbons (Fsp3) is 0. The molecule has 6 heteroatoms. The van der Waals surface area contributed by atoms with Gasteiger partial charge in [-0.1, -0.05) is 12.1 Å². The molecule has 0 saturated heterocycles. The van der Waals surface area contributed by atoms with Crippen LogP contribution in [0.15, 0.2) is 65.1 Å². The lowest BCUT2D eigenvalue weighted by molar-refractivity contribution is -0.384. The van der Waals surface area contributed by atoms with Crippen molar-refractivity contribution in [2.75, 3.05) is 0 Å². The molecule has 2 aromatic carbocycles. The molecule has 0 unspecified atom stereocenters. The first-order valence-electron chi connectivity index (χ1n) is 7.29. The van der Waals surface area contributed by atoms with Crippen LogP contribution >= 0.6 is 0 Å². The normalized spacial score (nSPS) is 11.1. The number of non-ortho nitro benzene ring substituents is 1. The minimum absolute atomic E-state index is 0.0487. The SMILES string of the molecule is N#CC(=Cc1ccc(-c2cccc(F)c2)o1)c1ccc([N+](=O)[O-])cc1. The Morgan fingerprint density at radius 3 is 2.56 bits per heavy atom. The Labute approximate surface area is 142 Å². The summed E-state index contributed by atoms with van der Waals surface area (Å²) < 4.78 is 18.9. The second kappa shape index (κ2) is 6.81. The number of rotatable bonds is 4. The van der Waals surface area contributed by atoms with E-state index in [1.807, 2.05) is 6.07 Å². The molecule has 0 fully saturated rings. The van der Waals surface area contributed by atoms with Crippen LogP contribution < -0.4 is 0 Å². The zero-order valence-corrected chi connectivity index (χ0v) is 12.8. The van der Waals surface area contributed by atoms with Crippen LogP contribution in [0.4, 0.5) is 10.1 Å². The molecule has 0 aliphatic carbocycles. The van der Waals surface area contributed by atoms with Gasteiger partial charge in [0.1, 0.15) is 17.3 Å². The zero-order chi connectivity index (χ0) is 17.8. The lowest BCUT2D eigenvalue weighted by Crippen LogP contribution is -1.88. The molecule has 0 N–H and O–H groups in total. The Morgan fingerprint density at radius 1 is 1.16 bits per heavy atom. The second-order valence-electron chi connectivity index (χ2n) is 5.19. The fourth-order valence-corrected chi connectivity index (χ4v) is 2.31. The molecule has 0 aliphatic heterocycles. The minimum atomic E-state index is -0.503. The number of nitro benzene ring substituents is 1. The molecule has 0 radical (unpaired) electrons. The Bertz CT molecular complexity index is 998. The van der Waals surface area contributed by atoms with E-state index in [1.54, 1.807) is 24.3 Å². The van der Waals surface area contributed by atoms with Crippen LogP contribution in [0, 0.1) is 27.3 Å². The monoisotopic (exact) mass is 334 g/mol. The molecule has 0 spiro atoms. The number of nitro groups is 1. The number of hydrogen-bond acceptors (Lipinski definition) is 4. The van der Waals surface area contributed by atoms with E-state index in [4.69, 9.17) is 4.42 Å². The number of furan rings is 1. The van der Waals surface area contributed by atoms with Gasteiger partial charge in [-0.15, -0.1) is 0 Å². The van der Waals surface area contributed by atoms with E-state index in [-0.39, 0.29) is 11.5 Å². The molecular formula is C19H11FN2O3. The average molecular weight is 334 g/mol. The average Bonchev–Trinajstić information content (AvgIpc) is 3.08. The standard InChI is InChI=1S/C19H11FN2O3/c20-16-3-1-2-14(10-16)19-9-8-18(25-19)11-15(12-21)13-4-6-17(7-5-13)22(23)24/h1-11H. The third kappa shape index (κ3) is 3.62. The van der Waals surface area contributed by atoms with Gasteiger partial charge >= 0.3 is 0 Å². The lowest BCUT2D eigenvalue weighted by atomic mass is 10.1. The van der Waals surface area contributed by atoms with E-state index in [0.717, 1.165) is 0 Å². The van der Waals surface area contributed by atoms with Crippen molar-refractivity contribution in [1.29, 1.82) is 5.26 Å². The van der Waals surface area contributed by atoms with Gasteiger partial charge in [0.25, 0.3) is 5.69 Å². The molecule has 0 aliphatic rings. The maximum atomic E-state index is 13.3. The first kappa shape index (κ1) is 16.1. The van der Waals surface area contributed by atoms with Gasteiger partial charge in [-0.05, 0) is 48.0 Å². The highest BCUT2D eigenvalue weighted by molar-refractivity contribution is 5.89. The quantitative estimate of drug-likeness (QED) is 0.379. The minimum Gasteiger partial charge on any atom is -0.457 e. The van der Waals surface area contributed by atoms with Crippen LogP contribution in [0.25, 0.3) is 23.0 Å². The smallest absolute Gasteiger partial charge is 0.269 e. The summed E-state index contributed by atoms with van der Waals surface area (Å²) in [5.74, 6) is 0.537.